The molecule has 10 atom stereocenters. The lowest BCUT2D eigenvalue weighted by Crippen LogP contribution is -2.70. The lowest BCUT2D eigenvalue weighted by atomic mass is 9.99. The number of nitrogens with one attached hydrogen (secondary N) is 7. The molecule has 0 bridgehead atoms. The molecule has 0 saturated carbocycles. The van der Waals surface area contributed by atoms with Crippen LogP contribution in [0, 0.1) is 23.7 Å². The third-order valence-corrected chi connectivity index (χ3v) is 11.4. The number of primary amides is 1. The van der Waals surface area contributed by atoms with Gasteiger partial charge in [0.25, 0.3) is 5.91 Å². The molecule has 0 aromatic rings. The van der Waals surface area contributed by atoms with Gasteiger partial charge in [0.05, 0.1) is 24.5 Å². The zero-order chi connectivity index (χ0) is 50.0. The highest BCUT2D eigenvalue weighted by Gasteiger charge is 2.41. The van der Waals surface area contributed by atoms with Crippen molar-refractivity contribution >= 4 is 70.9 Å². The molecule has 370 valence electrons. The van der Waals surface area contributed by atoms with Crippen molar-refractivity contribution in [1.82, 2.24) is 42.1 Å². The second kappa shape index (κ2) is 27.4. The Labute approximate surface area is 385 Å². The number of carbonyl (C=O) groups is 10. The second-order valence-electron chi connectivity index (χ2n) is 18.1. The van der Waals surface area contributed by atoms with Crippen LogP contribution in [0.1, 0.15) is 101 Å². The minimum Gasteiger partial charge on any atom is -0.548 e. The topological polar surface area (TPSA) is 355 Å². The summed E-state index contributed by atoms with van der Waals surface area (Å²) in [6.07, 6.45) is 1.08. The van der Waals surface area contributed by atoms with E-state index in [1.54, 1.807) is 34.0 Å². The molecular formula is C42H74N10O12S. The predicted molar refractivity (Wildman–Crippen MR) is 238 cm³/mol. The highest BCUT2D eigenvalue weighted by Crippen LogP contribution is 2.22. The third kappa shape index (κ3) is 18.8. The van der Waals surface area contributed by atoms with Crippen molar-refractivity contribution in [2.24, 2.45) is 29.4 Å². The largest absolute Gasteiger partial charge is 0.548 e. The molecule has 1 heterocycles. The number of nitrogens with zero attached hydrogens (tertiary/aromatic N) is 1. The van der Waals surface area contributed by atoms with Crippen LogP contribution in [0.25, 0.3) is 0 Å². The number of quaternary nitrogens is 1. The highest BCUT2D eigenvalue weighted by molar-refractivity contribution is 7.98. The van der Waals surface area contributed by atoms with Crippen LogP contribution in [0.3, 0.4) is 0 Å². The van der Waals surface area contributed by atoms with Crippen molar-refractivity contribution in [2.45, 2.75) is 162 Å². The zero-order valence-electron chi connectivity index (χ0n) is 39.6. The number of carboxylic acid groups (broad SMARTS) is 1. The lowest BCUT2D eigenvalue weighted by molar-refractivity contribution is -0.402. The molecule has 1 saturated heterocycles. The summed E-state index contributed by atoms with van der Waals surface area (Å²) in [5.74, 6) is -9.30. The van der Waals surface area contributed by atoms with Crippen LogP contribution in [0.15, 0.2) is 0 Å². The second-order valence-corrected chi connectivity index (χ2v) is 19.0. The van der Waals surface area contributed by atoms with E-state index in [1.807, 2.05) is 13.8 Å². The van der Waals surface area contributed by atoms with Gasteiger partial charge in [-0.3, -0.25) is 43.2 Å². The SMILES string of the molecule is CSCC[C@H](NC(=O)[C@@H]1CCCN1C(=O)[C@@H](NC(=O)[C@H](CC(C)C)NC(=O)[C@@H]([NH3+])CC(N)=O)C(C)C)C(=O)N[C@H](C(=O)N[C@@H](C)C(=O)N[C@H](C(=O)N[C@H](C(=O)[O-])C(C)C)[C@@H](C)O)C(C)C. The number of rotatable bonds is 27. The molecular weight excluding hydrogens is 869 g/mol. The van der Waals surface area contributed by atoms with Crippen molar-refractivity contribution in [3.63, 3.8) is 0 Å². The first-order valence-corrected chi connectivity index (χ1v) is 23.5. The summed E-state index contributed by atoms with van der Waals surface area (Å²) < 4.78 is 0. The molecule has 0 aromatic heterocycles. The van der Waals surface area contributed by atoms with Crippen LogP contribution in [0.5, 0.6) is 0 Å². The predicted octanol–water partition coefficient (Wildman–Crippen LogP) is -4.23. The molecule has 13 N–H and O–H groups in total. The number of aliphatic carboxylic acids is 1. The van der Waals surface area contributed by atoms with E-state index in [-0.39, 0.29) is 38.1 Å². The Morgan fingerprint density at radius 1 is 0.677 bits per heavy atom. The first-order chi connectivity index (χ1) is 30.1. The normalized spacial score (nSPS) is 18.0. The molecule has 1 aliphatic heterocycles. The Morgan fingerprint density at radius 3 is 1.68 bits per heavy atom. The van der Waals surface area contributed by atoms with E-state index in [1.165, 1.54) is 44.4 Å². The average molecular weight is 943 g/mol. The Morgan fingerprint density at radius 2 is 1.18 bits per heavy atom. The zero-order valence-corrected chi connectivity index (χ0v) is 40.4. The van der Waals surface area contributed by atoms with E-state index < -0.39 is 137 Å². The van der Waals surface area contributed by atoms with Crippen molar-refractivity contribution in [3.8, 4) is 0 Å². The number of aliphatic hydroxyl groups is 1. The number of likely N-dealkylation sites (tertiary alicyclic amines) is 1. The maximum Gasteiger partial charge on any atom is 0.279 e. The summed E-state index contributed by atoms with van der Waals surface area (Å²) in [6.45, 7) is 16.2. The van der Waals surface area contributed by atoms with Crippen LogP contribution >= 0.6 is 11.8 Å². The summed E-state index contributed by atoms with van der Waals surface area (Å²) in [6, 6.07) is -10.9. The first kappa shape index (κ1) is 58.0. The van der Waals surface area contributed by atoms with Gasteiger partial charge < -0.3 is 68.6 Å². The number of thioether (sulfide) groups is 1. The summed E-state index contributed by atoms with van der Waals surface area (Å²) in [4.78, 5) is 132. The fourth-order valence-electron chi connectivity index (χ4n) is 6.93. The van der Waals surface area contributed by atoms with Gasteiger partial charge in [0, 0.05) is 6.54 Å². The van der Waals surface area contributed by atoms with Crippen LogP contribution in [0.2, 0.25) is 0 Å². The van der Waals surface area contributed by atoms with Crippen LogP contribution in [-0.2, 0) is 47.9 Å². The summed E-state index contributed by atoms with van der Waals surface area (Å²) in [5.41, 5.74) is 8.87. The standard InChI is InChI=1S/C42H74N10O12S/c1-19(2)17-27(47-35(56)25(43)18-29(44)54)37(58)49-31(21(5)6)41(62)52-15-12-13-28(52)38(59)46-26(14-16-65-11)36(57)48-30(20(3)4)39(60)45-23(9)34(55)51-33(24(10)53)40(61)50-32(22(7)8)42(63)64/h19-28,30-33,53H,12-18,43H2,1-11H3,(H2,44,54)(H,45,60)(H,46,59)(H,47,56)(H,48,57)(H,49,58)(H,50,61)(H,51,55)(H,63,64)/t23-,24+,25-,26-,27-,28-,30-,31-,32-,33-/m0/s1. The molecule has 9 amide bonds. The Hall–Kier alpha value is -5.03. The molecule has 1 fully saturated rings. The molecule has 0 aliphatic carbocycles. The average Bonchev–Trinajstić information content (AvgIpc) is 3.70. The van der Waals surface area contributed by atoms with Crippen molar-refractivity contribution in [2.75, 3.05) is 18.6 Å². The minimum atomic E-state index is -1.59. The summed E-state index contributed by atoms with van der Waals surface area (Å²) >= 11 is 1.41. The highest BCUT2D eigenvalue weighted by atomic mass is 32.2. The number of carboxylic acids is 1. The minimum absolute atomic E-state index is 0.0527. The molecule has 1 aliphatic rings. The molecule has 0 radical (unpaired) electrons. The number of aliphatic hydroxyl groups excluding tert-OH is 1. The Bertz CT molecular complexity index is 1700. The fraction of sp³-hybridized carbons (Fsp3) is 0.762. The maximum absolute atomic E-state index is 14.1. The van der Waals surface area contributed by atoms with Gasteiger partial charge in [-0.1, -0.05) is 55.4 Å². The van der Waals surface area contributed by atoms with Crippen molar-refractivity contribution in [3.05, 3.63) is 0 Å². The van der Waals surface area contributed by atoms with E-state index in [2.05, 4.69) is 43.0 Å². The first-order valence-electron chi connectivity index (χ1n) is 22.1. The van der Waals surface area contributed by atoms with Crippen molar-refractivity contribution < 1.29 is 63.9 Å². The van der Waals surface area contributed by atoms with Gasteiger partial charge in [0.2, 0.25) is 47.3 Å². The monoisotopic (exact) mass is 943 g/mol. The van der Waals surface area contributed by atoms with Crippen molar-refractivity contribution in [1.29, 1.82) is 0 Å². The van der Waals surface area contributed by atoms with Gasteiger partial charge in [-0.15, -0.1) is 0 Å². The molecule has 1 rings (SSSR count). The van der Waals surface area contributed by atoms with Gasteiger partial charge in [0.1, 0.15) is 42.3 Å². The van der Waals surface area contributed by atoms with E-state index >= 15 is 0 Å². The van der Waals surface area contributed by atoms with Gasteiger partial charge >= 0.3 is 0 Å². The maximum atomic E-state index is 14.1. The van der Waals surface area contributed by atoms with Crippen LogP contribution < -0.4 is 53.8 Å². The quantitative estimate of drug-likeness (QED) is 0.0374. The molecule has 23 heteroatoms. The van der Waals surface area contributed by atoms with Gasteiger partial charge in [-0.2, -0.15) is 11.8 Å². The summed E-state index contributed by atoms with van der Waals surface area (Å²) in [5, 5.41) is 39.6. The Balaban J connectivity index is 3.19. The number of hydrogen-bond donors (Lipinski definition) is 10. The number of hydrogen-bond acceptors (Lipinski definition) is 13. The molecule has 0 aromatic carbocycles. The van der Waals surface area contributed by atoms with Crippen LogP contribution in [0.4, 0.5) is 0 Å². The van der Waals surface area contributed by atoms with E-state index in [4.69, 9.17) is 5.73 Å². The summed E-state index contributed by atoms with van der Waals surface area (Å²) in [7, 11) is 0. The van der Waals surface area contributed by atoms with Gasteiger partial charge in [-0.25, -0.2) is 0 Å². The van der Waals surface area contributed by atoms with Gasteiger partial charge in [0.15, 0.2) is 6.04 Å². The van der Waals surface area contributed by atoms with Gasteiger partial charge in [-0.05, 0) is 75.2 Å². The molecule has 65 heavy (non-hydrogen) atoms. The molecule has 0 unspecified atom stereocenters. The van der Waals surface area contributed by atoms with E-state index in [0.29, 0.717) is 12.2 Å². The van der Waals surface area contributed by atoms with Crippen LogP contribution in [-0.4, -0.2) is 148 Å². The third-order valence-electron chi connectivity index (χ3n) is 10.8. The number of nitrogens with two attached hydrogens (primary N) is 1. The number of carbonyl (C=O) groups excluding carboxylic acids is 10. The molecule has 0 spiro atoms. The fourth-order valence-corrected chi connectivity index (χ4v) is 7.40. The number of amides is 9. The Kier molecular flexibility index (Phi) is 24.5. The van der Waals surface area contributed by atoms with E-state index in [9.17, 15) is 58.2 Å². The van der Waals surface area contributed by atoms with E-state index in [0.717, 1.165) is 0 Å². The molecule has 22 nitrogen and oxygen atoms in total. The smallest absolute Gasteiger partial charge is 0.279 e. The lowest BCUT2D eigenvalue weighted by Gasteiger charge is -2.32.